The second-order valence-corrected chi connectivity index (χ2v) is 11.5. The normalized spacial score (nSPS) is 19.8. The van der Waals surface area contributed by atoms with Crippen LogP contribution in [0.5, 0.6) is 23.0 Å². The fraction of sp³-hybridized carbons (Fsp3) is 0.353. The monoisotopic (exact) mass is 583 g/mol. The number of nitrogens with zero attached hydrogens (tertiary/aromatic N) is 2. The summed E-state index contributed by atoms with van der Waals surface area (Å²) in [6.45, 7) is 6.41. The Hall–Kier alpha value is -4.66. The minimum Gasteiger partial charge on any atom is -0.493 e. The number of benzene rings is 3. The number of carbonyl (C=O) groups excluding carboxylic acids is 2. The third-order valence-corrected chi connectivity index (χ3v) is 8.59. The maximum atomic E-state index is 14.5. The number of fused-ring (bicyclic) bond motifs is 5. The number of rotatable bonds is 8. The van der Waals surface area contributed by atoms with E-state index in [1.807, 2.05) is 75.4 Å². The number of carbonyl (C=O) groups is 2. The average molecular weight is 584 g/mol. The van der Waals surface area contributed by atoms with Gasteiger partial charge in [0.1, 0.15) is 6.54 Å². The van der Waals surface area contributed by atoms with E-state index in [0.29, 0.717) is 29.5 Å². The number of aromatic nitrogens is 1. The van der Waals surface area contributed by atoms with Gasteiger partial charge in [0.15, 0.2) is 28.5 Å². The highest BCUT2D eigenvalue weighted by molar-refractivity contribution is 6.01. The summed E-state index contributed by atoms with van der Waals surface area (Å²) in [4.78, 5) is 35.3. The Kier molecular flexibility index (Phi) is 7.20. The van der Waals surface area contributed by atoms with Gasteiger partial charge in [-0.05, 0) is 67.8 Å². The standard InChI is InChI=1S/C34H37N3O6/c1-20(2)43-27-14-12-22(16-29(27)42-6)24-18-37-30(38)19-36(17-21-11-13-26(40-4)28(15-21)41-5)33(39)34(37,3)32-31(24)23-9-7-8-10-25(23)35-32/h7-16,20,24,35H,17-19H2,1-6H3/t24-,34-/m0/s1. The number of nitrogens with one attached hydrogen (secondary N) is 1. The summed E-state index contributed by atoms with van der Waals surface area (Å²) in [6.07, 6.45) is -0.00529. The molecule has 9 nitrogen and oxygen atoms in total. The Labute approximate surface area is 251 Å². The molecule has 1 N–H and O–H groups in total. The van der Waals surface area contributed by atoms with E-state index < -0.39 is 5.54 Å². The van der Waals surface area contributed by atoms with Crippen molar-refractivity contribution >= 4 is 22.7 Å². The molecular weight excluding hydrogens is 546 g/mol. The van der Waals surface area contributed by atoms with Crippen LogP contribution < -0.4 is 18.9 Å². The predicted octanol–water partition coefficient (Wildman–Crippen LogP) is 5.21. The van der Waals surface area contributed by atoms with Gasteiger partial charge in [0.05, 0.1) is 33.1 Å². The highest BCUT2D eigenvalue weighted by atomic mass is 16.5. The molecule has 3 aromatic carbocycles. The Morgan fingerprint density at radius 2 is 1.60 bits per heavy atom. The molecule has 1 fully saturated rings. The van der Waals surface area contributed by atoms with Crippen LogP contribution in [0.15, 0.2) is 60.7 Å². The van der Waals surface area contributed by atoms with Crippen molar-refractivity contribution in [1.29, 1.82) is 0 Å². The fourth-order valence-corrected chi connectivity index (χ4v) is 6.55. The molecule has 0 bridgehead atoms. The number of ether oxygens (including phenoxy) is 4. The van der Waals surface area contributed by atoms with Gasteiger partial charge in [-0.1, -0.05) is 30.3 Å². The van der Waals surface area contributed by atoms with Crippen LogP contribution in [-0.4, -0.2) is 67.1 Å². The van der Waals surface area contributed by atoms with Crippen molar-refractivity contribution in [2.45, 2.75) is 44.9 Å². The van der Waals surface area contributed by atoms with Crippen LogP contribution >= 0.6 is 0 Å². The van der Waals surface area contributed by atoms with Crippen molar-refractivity contribution in [2.75, 3.05) is 34.4 Å². The highest BCUT2D eigenvalue weighted by Gasteiger charge is 2.56. The molecule has 43 heavy (non-hydrogen) atoms. The Morgan fingerprint density at radius 1 is 0.907 bits per heavy atom. The summed E-state index contributed by atoms with van der Waals surface area (Å²) in [6, 6.07) is 19.5. The molecule has 9 heteroatoms. The maximum Gasteiger partial charge on any atom is 0.255 e. The first-order valence-electron chi connectivity index (χ1n) is 14.5. The lowest BCUT2D eigenvalue weighted by atomic mass is 9.76. The van der Waals surface area contributed by atoms with Crippen molar-refractivity contribution in [3.63, 3.8) is 0 Å². The van der Waals surface area contributed by atoms with Crippen molar-refractivity contribution in [3.05, 3.63) is 83.0 Å². The number of amides is 2. The van der Waals surface area contributed by atoms with Gasteiger partial charge in [-0.2, -0.15) is 0 Å². The van der Waals surface area contributed by atoms with Crippen LogP contribution in [-0.2, 0) is 21.7 Å². The first-order valence-corrected chi connectivity index (χ1v) is 14.5. The van der Waals surface area contributed by atoms with E-state index in [2.05, 4.69) is 11.1 Å². The average Bonchev–Trinajstić information content (AvgIpc) is 3.40. The number of hydrogen-bond donors (Lipinski definition) is 1. The van der Waals surface area contributed by atoms with Gasteiger partial charge in [-0.15, -0.1) is 0 Å². The van der Waals surface area contributed by atoms with Gasteiger partial charge in [-0.25, -0.2) is 0 Å². The van der Waals surface area contributed by atoms with Gasteiger partial charge >= 0.3 is 0 Å². The van der Waals surface area contributed by atoms with Crippen LogP contribution in [0.4, 0.5) is 0 Å². The molecule has 2 aliphatic heterocycles. The van der Waals surface area contributed by atoms with Gasteiger partial charge < -0.3 is 33.7 Å². The van der Waals surface area contributed by atoms with E-state index in [1.54, 1.807) is 31.1 Å². The molecule has 224 valence electrons. The summed E-state index contributed by atoms with van der Waals surface area (Å²) in [5, 5.41) is 1.03. The number of hydrogen-bond acceptors (Lipinski definition) is 6. The van der Waals surface area contributed by atoms with Crippen LogP contribution in [0.3, 0.4) is 0 Å². The summed E-state index contributed by atoms with van der Waals surface area (Å²) in [7, 11) is 4.78. The molecule has 3 heterocycles. The van der Waals surface area contributed by atoms with Gasteiger partial charge in [0, 0.05) is 29.9 Å². The molecular formula is C34H37N3O6. The number of aromatic amines is 1. The van der Waals surface area contributed by atoms with Gasteiger partial charge in [0.25, 0.3) is 5.91 Å². The van der Waals surface area contributed by atoms with Crippen molar-refractivity contribution < 1.29 is 28.5 Å². The molecule has 4 aromatic rings. The second-order valence-electron chi connectivity index (χ2n) is 11.5. The molecule has 0 unspecified atom stereocenters. The number of piperazine rings is 1. The summed E-state index contributed by atoms with van der Waals surface area (Å²) in [5.74, 6) is 2.04. The van der Waals surface area contributed by atoms with E-state index >= 15 is 0 Å². The van der Waals surface area contributed by atoms with Gasteiger partial charge in [0.2, 0.25) is 5.91 Å². The fourth-order valence-electron chi connectivity index (χ4n) is 6.55. The predicted molar refractivity (Wildman–Crippen MR) is 163 cm³/mol. The van der Waals surface area contributed by atoms with E-state index in [9.17, 15) is 9.59 Å². The molecule has 2 atom stereocenters. The van der Waals surface area contributed by atoms with Crippen LogP contribution in [0.1, 0.15) is 49.1 Å². The van der Waals surface area contributed by atoms with E-state index in [4.69, 9.17) is 18.9 Å². The molecule has 0 aliphatic carbocycles. The van der Waals surface area contributed by atoms with Crippen molar-refractivity contribution in [1.82, 2.24) is 14.8 Å². The van der Waals surface area contributed by atoms with Crippen LogP contribution in [0.2, 0.25) is 0 Å². The number of para-hydroxylation sites is 1. The topological polar surface area (TPSA) is 93.3 Å². The smallest absolute Gasteiger partial charge is 0.255 e. The zero-order chi connectivity index (χ0) is 30.5. The lowest BCUT2D eigenvalue weighted by molar-refractivity contribution is -0.166. The third kappa shape index (κ3) is 4.63. The molecule has 2 aliphatic rings. The first-order chi connectivity index (χ1) is 20.7. The quantitative estimate of drug-likeness (QED) is 0.306. The number of methoxy groups -OCH3 is 3. The molecule has 1 aromatic heterocycles. The molecule has 1 saturated heterocycles. The molecule has 0 spiro atoms. The minimum absolute atomic E-state index is 0.00529. The molecule has 0 radical (unpaired) electrons. The van der Waals surface area contributed by atoms with Crippen LogP contribution in [0, 0.1) is 0 Å². The Morgan fingerprint density at radius 3 is 2.33 bits per heavy atom. The lowest BCUT2D eigenvalue weighted by Gasteiger charge is -2.51. The van der Waals surface area contributed by atoms with E-state index in [-0.39, 0.29) is 36.9 Å². The van der Waals surface area contributed by atoms with Gasteiger partial charge in [-0.3, -0.25) is 9.59 Å². The van der Waals surface area contributed by atoms with Crippen molar-refractivity contribution in [3.8, 4) is 23.0 Å². The Balaban J connectivity index is 1.44. The minimum atomic E-state index is -1.21. The van der Waals surface area contributed by atoms with Crippen LogP contribution in [0.25, 0.3) is 10.9 Å². The third-order valence-electron chi connectivity index (χ3n) is 8.59. The zero-order valence-electron chi connectivity index (χ0n) is 25.4. The van der Waals surface area contributed by atoms with E-state index in [0.717, 1.165) is 33.3 Å². The zero-order valence-corrected chi connectivity index (χ0v) is 25.4. The maximum absolute atomic E-state index is 14.5. The Bertz CT molecular complexity index is 1710. The summed E-state index contributed by atoms with van der Waals surface area (Å²) in [5.41, 5.74) is 3.29. The molecule has 0 saturated carbocycles. The number of H-pyrrole nitrogens is 1. The SMILES string of the molecule is COc1ccc(CN2CC(=O)N3C[C@@H](c4ccc(OC(C)C)c(OC)c4)c4c([nH]c5ccccc45)[C@@]3(C)C2=O)cc1OC. The highest BCUT2D eigenvalue weighted by Crippen LogP contribution is 2.49. The van der Waals surface area contributed by atoms with Crippen molar-refractivity contribution in [2.24, 2.45) is 0 Å². The molecule has 2 amide bonds. The first kappa shape index (κ1) is 28.5. The van der Waals surface area contributed by atoms with E-state index in [1.165, 1.54) is 0 Å². The summed E-state index contributed by atoms with van der Waals surface area (Å²) < 4.78 is 22.5. The lowest BCUT2D eigenvalue weighted by Crippen LogP contribution is -2.67. The summed E-state index contributed by atoms with van der Waals surface area (Å²) >= 11 is 0. The second kappa shape index (κ2) is 10.9. The molecule has 6 rings (SSSR count). The largest absolute Gasteiger partial charge is 0.493 e.